The van der Waals surface area contributed by atoms with E-state index in [-0.39, 0.29) is 12.0 Å². The van der Waals surface area contributed by atoms with Crippen LogP contribution in [0.2, 0.25) is 0 Å². The molecule has 0 unspecified atom stereocenters. The molecule has 0 spiro atoms. The van der Waals surface area contributed by atoms with Gasteiger partial charge in [0.2, 0.25) is 5.76 Å². The number of carbonyl (C=O) groups is 1. The third kappa shape index (κ3) is 2.64. The van der Waals surface area contributed by atoms with Crippen LogP contribution in [-0.2, 0) is 4.74 Å². The zero-order valence-electron chi connectivity index (χ0n) is 11.1. The summed E-state index contributed by atoms with van der Waals surface area (Å²) in [6.45, 7) is 4.16. The van der Waals surface area contributed by atoms with Crippen LogP contribution in [0.3, 0.4) is 0 Å². The van der Waals surface area contributed by atoms with Crippen molar-refractivity contribution in [2.45, 2.75) is 12.5 Å². The Labute approximate surface area is 112 Å². The summed E-state index contributed by atoms with van der Waals surface area (Å²) in [7, 11) is 2.12. The third-order valence-electron chi connectivity index (χ3n) is 3.98. The maximum absolute atomic E-state index is 12.2. The molecule has 6 nitrogen and oxygen atoms in total. The molecule has 0 radical (unpaired) electrons. The molecule has 1 aromatic heterocycles. The minimum atomic E-state index is -0.0860. The Bertz CT molecular complexity index is 434. The average molecular weight is 265 g/mol. The highest BCUT2D eigenvalue weighted by Crippen LogP contribution is 2.24. The number of likely N-dealkylation sites (tertiary alicyclic amines) is 1. The van der Waals surface area contributed by atoms with Crippen LogP contribution in [0.25, 0.3) is 0 Å². The van der Waals surface area contributed by atoms with Gasteiger partial charge in [-0.15, -0.1) is 0 Å². The molecule has 0 N–H and O–H groups in total. The van der Waals surface area contributed by atoms with Crippen LogP contribution in [-0.4, -0.2) is 66.8 Å². The Balaban J connectivity index is 1.67. The van der Waals surface area contributed by atoms with E-state index in [9.17, 15) is 4.79 Å². The predicted octanol–water partition coefficient (Wildman–Crippen LogP) is 0.467. The summed E-state index contributed by atoms with van der Waals surface area (Å²) in [5.41, 5.74) is 0. The fraction of sp³-hybridized carbons (Fsp3) is 0.692. The van der Waals surface area contributed by atoms with Crippen molar-refractivity contribution in [3.63, 3.8) is 0 Å². The van der Waals surface area contributed by atoms with Gasteiger partial charge in [0.15, 0.2) is 0 Å². The molecule has 2 atom stereocenters. The van der Waals surface area contributed by atoms with Gasteiger partial charge in [0.05, 0.1) is 18.9 Å². The van der Waals surface area contributed by atoms with E-state index in [4.69, 9.17) is 9.26 Å². The monoisotopic (exact) mass is 265 g/mol. The number of rotatable bonds is 1. The lowest BCUT2D eigenvalue weighted by Gasteiger charge is -2.37. The highest BCUT2D eigenvalue weighted by molar-refractivity contribution is 5.91. The molecule has 3 heterocycles. The molecule has 104 valence electrons. The van der Waals surface area contributed by atoms with Gasteiger partial charge >= 0.3 is 0 Å². The van der Waals surface area contributed by atoms with E-state index >= 15 is 0 Å². The SMILES string of the molecule is CN1CCO[C@H]2CN(C(=O)c3ccno3)CC[C@H]2C1. The number of piperidine rings is 1. The lowest BCUT2D eigenvalue weighted by molar-refractivity contribution is -0.0180. The van der Waals surface area contributed by atoms with Gasteiger partial charge in [-0.25, -0.2) is 0 Å². The number of nitrogens with zero attached hydrogens (tertiary/aromatic N) is 3. The molecule has 1 aromatic rings. The number of hydrogen-bond donors (Lipinski definition) is 0. The fourth-order valence-electron chi connectivity index (χ4n) is 2.88. The summed E-state index contributed by atoms with van der Waals surface area (Å²) in [5, 5.41) is 3.58. The van der Waals surface area contributed by atoms with Gasteiger partial charge < -0.3 is 19.1 Å². The number of fused-ring (bicyclic) bond motifs is 1. The maximum Gasteiger partial charge on any atom is 0.292 e. The molecule has 2 aliphatic rings. The van der Waals surface area contributed by atoms with Crippen LogP contribution in [0.5, 0.6) is 0 Å². The summed E-state index contributed by atoms with van der Waals surface area (Å²) >= 11 is 0. The van der Waals surface area contributed by atoms with Crippen LogP contribution in [0.4, 0.5) is 0 Å². The quantitative estimate of drug-likeness (QED) is 0.738. The Hall–Kier alpha value is -1.40. The smallest absolute Gasteiger partial charge is 0.292 e. The van der Waals surface area contributed by atoms with Crippen LogP contribution in [0.1, 0.15) is 17.0 Å². The Morgan fingerprint density at radius 1 is 1.42 bits per heavy atom. The first-order valence-corrected chi connectivity index (χ1v) is 6.74. The summed E-state index contributed by atoms with van der Waals surface area (Å²) in [6, 6.07) is 1.61. The standard InChI is InChI=1S/C13H19N3O3/c1-15-6-7-18-12-9-16(5-3-10(12)8-15)13(17)11-2-4-14-19-11/h2,4,10,12H,3,5-9H2,1H3/t10-,12-/m0/s1. The van der Waals surface area contributed by atoms with Crippen LogP contribution in [0.15, 0.2) is 16.8 Å². The average Bonchev–Trinajstić information content (AvgIpc) is 2.87. The molecular formula is C13H19N3O3. The lowest BCUT2D eigenvalue weighted by Crippen LogP contribution is -2.48. The summed E-state index contributed by atoms with van der Waals surface area (Å²) in [4.78, 5) is 16.3. The lowest BCUT2D eigenvalue weighted by atomic mass is 9.93. The van der Waals surface area contributed by atoms with Crippen molar-refractivity contribution in [3.05, 3.63) is 18.0 Å². The van der Waals surface area contributed by atoms with Crippen LogP contribution in [0, 0.1) is 5.92 Å². The fourth-order valence-corrected chi connectivity index (χ4v) is 2.88. The first-order valence-electron chi connectivity index (χ1n) is 6.74. The van der Waals surface area contributed by atoms with Gasteiger partial charge in [-0.1, -0.05) is 5.16 Å². The number of amides is 1. The van der Waals surface area contributed by atoms with E-state index in [0.29, 0.717) is 18.2 Å². The maximum atomic E-state index is 12.2. The molecular weight excluding hydrogens is 246 g/mol. The summed E-state index contributed by atoms with van der Waals surface area (Å²) in [5.74, 6) is 0.743. The molecule has 0 aliphatic carbocycles. The largest absolute Gasteiger partial charge is 0.375 e. The van der Waals surface area contributed by atoms with E-state index < -0.39 is 0 Å². The van der Waals surface area contributed by atoms with E-state index in [1.165, 1.54) is 6.20 Å². The Morgan fingerprint density at radius 3 is 3.11 bits per heavy atom. The summed E-state index contributed by atoms with van der Waals surface area (Å²) in [6.07, 6.45) is 2.62. The predicted molar refractivity (Wildman–Crippen MR) is 67.8 cm³/mol. The van der Waals surface area contributed by atoms with E-state index in [2.05, 4.69) is 17.1 Å². The van der Waals surface area contributed by atoms with Gasteiger partial charge in [0.25, 0.3) is 5.91 Å². The van der Waals surface area contributed by atoms with Crippen LogP contribution >= 0.6 is 0 Å². The first-order chi connectivity index (χ1) is 9.24. The van der Waals surface area contributed by atoms with Crippen molar-refractivity contribution in [1.29, 1.82) is 0 Å². The topological polar surface area (TPSA) is 58.8 Å². The second-order valence-electron chi connectivity index (χ2n) is 5.35. The Morgan fingerprint density at radius 2 is 2.32 bits per heavy atom. The number of carbonyl (C=O) groups excluding carboxylic acids is 1. The zero-order valence-corrected chi connectivity index (χ0v) is 11.1. The summed E-state index contributed by atoms with van der Waals surface area (Å²) < 4.78 is 10.8. The molecule has 19 heavy (non-hydrogen) atoms. The van der Waals surface area contributed by atoms with Crippen molar-refractivity contribution in [3.8, 4) is 0 Å². The molecule has 2 saturated heterocycles. The second kappa shape index (κ2) is 5.30. The number of aromatic nitrogens is 1. The highest BCUT2D eigenvalue weighted by Gasteiger charge is 2.35. The van der Waals surface area contributed by atoms with Gasteiger partial charge in [-0.2, -0.15) is 0 Å². The van der Waals surface area contributed by atoms with Crippen molar-refractivity contribution in [1.82, 2.24) is 15.0 Å². The number of ether oxygens (including phenoxy) is 1. The minimum Gasteiger partial charge on any atom is -0.375 e. The molecule has 6 heteroatoms. The van der Waals surface area contributed by atoms with Gasteiger partial charge in [0, 0.05) is 38.2 Å². The molecule has 0 bridgehead atoms. The molecule has 2 fully saturated rings. The van der Waals surface area contributed by atoms with Gasteiger partial charge in [-0.3, -0.25) is 4.79 Å². The van der Waals surface area contributed by atoms with E-state index in [0.717, 1.165) is 32.7 Å². The molecule has 2 aliphatic heterocycles. The molecule has 0 aromatic carbocycles. The van der Waals surface area contributed by atoms with E-state index in [1.807, 2.05) is 4.90 Å². The van der Waals surface area contributed by atoms with E-state index in [1.54, 1.807) is 6.07 Å². The zero-order chi connectivity index (χ0) is 13.2. The normalized spacial score (nSPS) is 28.8. The van der Waals surface area contributed by atoms with Crippen molar-refractivity contribution < 1.29 is 14.1 Å². The molecule has 1 amide bonds. The van der Waals surface area contributed by atoms with Gasteiger partial charge in [-0.05, 0) is 13.5 Å². The van der Waals surface area contributed by atoms with Crippen molar-refractivity contribution >= 4 is 5.91 Å². The second-order valence-corrected chi connectivity index (χ2v) is 5.35. The van der Waals surface area contributed by atoms with Gasteiger partial charge in [0.1, 0.15) is 0 Å². The first kappa shape index (κ1) is 12.6. The number of likely N-dealkylation sites (N-methyl/N-ethyl adjacent to an activating group) is 1. The van der Waals surface area contributed by atoms with Crippen LogP contribution < -0.4 is 0 Å². The number of hydrogen-bond acceptors (Lipinski definition) is 5. The molecule has 0 saturated carbocycles. The minimum absolute atomic E-state index is 0.0860. The van der Waals surface area contributed by atoms with Crippen molar-refractivity contribution in [2.75, 3.05) is 39.8 Å². The Kier molecular flexibility index (Phi) is 3.52. The third-order valence-corrected chi connectivity index (χ3v) is 3.98. The molecule has 3 rings (SSSR count). The van der Waals surface area contributed by atoms with Crippen molar-refractivity contribution in [2.24, 2.45) is 5.92 Å². The highest BCUT2D eigenvalue weighted by atomic mass is 16.5.